The van der Waals surface area contributed by atoms with Gasteiger partial charge in [0.25, 0.3) is 5.56 Å². The summed E-state index contributed by atoms with van der Waals surface area (Å²) in [5.41, 5.74) is 3.68. The van der Waals surface area contributed by atoms with E-state index in [-0.39, 0.29) is 23.7 Å². The minimum Gasteiger partial charge on any atom is -0.491 e. The van der Waals surface area contributed by atoms with E-state index in [1.165, 1.54) is 5.56 Å². The Morgan fingerprint density at radius 1 is 1.15 bits per heavy atom. The highest BCUT2D eigenvalue weighted by Gasteiger charge is 2.31. The van der Waals surface area contributed by atoms with E-state index in [0.29, 0.717) is 11.2 Å². The van der Waals surface area contributed by atoms with Crippen LogP contribution in [0.4, 0.5) is 5.69 Å². The lowest BCUT2D eigenvalue weighted by atomic mass is 10.0. The SMILES string of the molecule is CC(C)Oc1ccccc1CN1C[C@H](C)N(c2cc(=O)n(C)c3ccc(C#N)nc23)CC1C. The summed E-state index contributed by atoms with van der Waals surface area (Å²) in [6.45, 7) is 10.9. The van der Waals surface area contributed by atoms with Gasteiger partial charge < -0.3 is 14.2 Å². The van der Waals surface area contributed by atoms with Gasteiger partial charge in [0.05, 0.1) is 17.3 Å². The molecule has 1 aliphatic heterocycles. The monoisotopic (exact) mass is 445 g/mol. The first-order valence-corrected chi connectivity index (χ1v) is 11.4. The summed E-state index contributed by atoms with van der Waals surface area (Å²) in [4.78, 5) is 22.0. The minimum atomic E-state index is -0.0777. The first-order valence-electron chi connectivity index (χ1n) is 11.4. The van der Waals surface area contributed by atoms with Gasteiger partial charge >= 0.3 is 0 Å². The smallest absolute Gasteiger partial charge is 0.252 e. The number of pyridine rings is 2. The molecular formula is C26H31N5O2. The van der Waals surface area contributed by atoms with Crippen LogP contribution in [0.1, 0.15) is 39.0 Å². The van der Waals surface area contributed by atoms with E-state index in [1.54, 1.807) is 23.7 Å². The fraction of sp³-hybridized carbons (Fsp3) is 0.423. The zero-order chi connectivity index (χ0) is 23.7. The van der Waals surface area contributed by atoms with E-state index in [1.807, 2.05) is 32.0 Å². The predicted octanol–water partition coefficient (Wildman–Crippen LogP) is 3.69. The largest absolute Gasteiger partial charge is 0.491 e. The van der Waals surface area contributed by atoms with Gasteiger partial charge in [-0.05, 0) is 45.9 Å². The average Bonchev–Trinajstić information content (AvgIpc) is 2.79. The number of hydrogen-bond acceptors (Lipinski definition) is 6. The molecule has 1 aliphatic rings. The molecule has 1 aromatic carbocycles. The van der Waals surface area contributed by atoms with Gasteiger partial charge in [0.2, 0.25) is 0 Å². The highest BCUT2D eigenvalue weighted by molar-refractivity contribution is 5.89. The van der Waals surface area contributed by atoms with Gasteiger partial charge in [-0.3, -0.25) is 9.69 Å². The Bertz CT molecular complexity index is 1260. The molecule has 0 saturated carbocycles. The molecule has 0 radical (unpaired) electrons. The third kappa shape index (κ3) is 4.57. The van der Waals surface area contributed by atoms with Crippen LogP contribution in [0, 0.1) is 11.3 Å². The lowest BCUT2D eigenvalue weighted by Crippen LogP contribution is -2.56. The number of nitriles is 1. The zero-order valence-electron chi connectivity index (χ0n) is 19.9. The van der Waals surface area contributed by atoms with Crippen LogP contribution in [0.25, 0.3) is 11.0 Å². The summed E-state index contributed by atoms with van der Waals surface area (Å²) in [6, 6.07) is 15.9. The third-order valence-corrected chi connectivity index (χ3v) is 6.32. The Morgan fingerprint density at radius 2 is 1.91 bits per heavy atom. The van der Waals surface area contributed by atoms with Crippen molar-refractivity contribution < 1.29 is 4.74 Å². The Hall–Kier alpha value is -3.37. The quantitative estimate of drug-likeness (QED) is 0.596. The van der Waals surface area contributed by atoms with Crippen molar-refractivity contribution in [1.82, 2.24) is 14.5 Å². The Kier molecular flexibility index (Phi) is 6.39. The molecule has 2 atom stereocenters. The van der Waals surface area contributed by atoms with Crippen LogP contribution < -0.4 is 15.2 Å². The number of piperazine rings is 1. The zero-order valence-corrected chi connectivity index (χ0v) is 19.9. The van der Waals surface area contributed by atoms with Gasteiger partial charge in [0, 0.05) is 50.4 Å². The number of hydrogen-bond donors (Lipinski definition) is 0. The summed E-state index contributed by atoms with van der Waals surface area (Å²) < 4.78 is 7.61. The number of para-hydroxylation sites is 1. The molecule has 7 nitrogen and oxygen atoms in total. The van der Waals surface area contributed by atoms with E-state index < -0.39 is 0 Å². The Labute approximate surface area is 194 Å². The normalized spacial score (nSPS) is 19.1. The van der Waals surface area contributed by atoms with Gasteiger partial charge in [-0.15, -0.1) is 0 Å². The van der Waals surface area contributed by atoms with Crippen molar-refractivity contribution in [2.45, 2.75) is 52.4 Å². The summed E-state index contributed by atoms with van der Waals surface area (Å²) in [5.74, 6) is 0.931. The molecule has 172 valence electrons. The maximum atomic E-state index is 12.7. The van der Waals surface area contributed by atoms with E-state index in [9.17, 15) is 10.1 Å². The van der Waals surface area contributed by atoms with Gasteiger partial charge in [0.1, 0.15) is 23.0 Å². The molecule has 0 N–H and O–H groups in total. The van der Waals surface area contributed by atoms with Crippen LogP contribution in [0.2, 0.25) is 0 Å². The third-order valence-electron chi connectivity index (χ3n) is 6.32. The molecule has 1 unspecified atom stereocenters. The number of aromatic nitrogens is 2. The lowest BCUT2D eigenvalue weighted by Gasteiger charge is -2.45. The van der Waals surface area contributed by atoms with Crippen LogP contribution in [-0.4, -0.2) is 45.7 Å². The van der Waals surface area contributed by atoms with Crippen molar-refractivity contribution in [3.63, 3.8) is 0 Å². The second-order valence-electron chi connectivity index (χ2n) is 9.16. The topological polar surface area (TPSA) is 74.4 Å². The number of benzene rings is 1. The van der Waals surface area contributed by atoms with Crippen molar-refractivity contribution in [3.05, 3.63) is 64.1 Å². The predicted molar refractivity (Wildman–Crippen MR) is 131 cm³/mol. The molecule has 0 amide bonds. The van der Waals surface area contributed by atoms with Crippen LogP contribution in [0.15, 0.2) is 47.3 Å². The number of fused-ring (bicyclic) bond motifs is 1. The standard InChI is InChI=1S/C26H31N5O2/c1-17(2)33-24-9-7-6-8-20(24)16-30-14-19(4)31(15-18(30)3)23-12-25(32)29(5)22-11-10-21(13-27)28-26(22)23/h6-12,17-19H,14-16H2,1-5H3/t18?,19-/m0/s1. The highest BCUT2D eigenvalue weighted by Crippen LogP contribution is 2.30. The minimum absolute atomic E-state index is 0.0777. The molecule has 7 heteroatoms. The number of ether oxygens (including phenoxy) is 1. The van der Waals surface area contributed by atoms with Gasteiger partial charge in [-0.1, -0.05) is 18.2 Å². The molecule has 1 saturated heterocycles. The molecule has 3 aromatic rings. The lowest BCUT2D eigenvalue weighted by molar-refractivity contribution is 0.154. The van der Waals surface area contributed by atoms with Crippen molar-refractivity contribution in [3.8, 4) is 11.8 Å². The summed E-state index contributed by atoms with van der Waals surface area (Å²) in [6.07, 6.45) is 0.124. The fourth-order valence-electron chi connectivity index (χ4n) is 4.57. The first kappa shape index (κ1) is 22.8. The Balaban J connectivity index is 1.64. The summed E-state index contributed by atoms with van der Waals surface area (Å²) >= 11 is 0. The molecule has 2 aromatic heterocycles. The van der Waals surface area contributed by atoms with Crippen LogP contribution in [-0.2, 0) is 13.6 Å². The van der Waals surface area contributed by atoms with Crippen molar-refractivity contribution in [1.29, 1.82) is 5.26 Å². The van der Waals surface area contributed by atoms with Gasteiger partial charge in [-0.2, -0.15) is 5.26 Å². The maximum Gasteiger partial charge on any atom is 0.252 e. The van der Waals surface area contributed by atoms with E-state index in [4.69, 9.17) is 4.74 Å². The van der Waals surface area contributed by atoms with E-state index in [0.717, 1.165) is 36.6 Å². The molecule has 0 spiro atoms. The number of nitrogens with zero attached hydrogens (tertiary/aromatic N) is 5. The van der Waals surface area contributed by atoms with Gasteiger partial charge in [0.15, 0.2) is 0 Å². The number of rotatable bonds is 5. The summed E-state index contributed by atoms with van der Waals surface area (Å²) in [5, 5.41) is 9.36. The van der Waals surface area contributed by atoms with Crippen molar-refractivity contribution in [2.24, 2.45) is 7.05 Å². The summed E-state index contributed by atoms with van der Waals surface area (Å²) in [7, 11) is 1.74. The highest BCUT2D eigenvalue weighted by atomic mass is 16.5. The molecule has 33 heavy (non-hydrogen) atoms. The Morgan fingerprint density at radius 3 is 2.64 bits per heavy atom. The second-order valence-corrected chi connectivity index (χ2v) is 9.16. The average molecular weight is 446 g/mol. The number of anilines is 1. The molecular weight excluding hydrogens is 414 g/mol. The maximum absolute atomic E-state index is 12.7. The molecule has 3 heterocycles. The second kappa shape index (κ2) is 9.24. The molecule has 4 rings (SSSR count). The van der Waals surface area contributed by atoms with Crippen LogP contribution in [0.5, 0.6) is 5.75 Å². The fourth-order valence-corrected chi connectivity index (χ4v) is 4.57. The first-order chi connectivity index (χ1) is 15.8. The van der Waals surface area contributed by atoms with Crippen LogP contribution >= 0.6 is 0 Å². The molecule has 0 bridgehead atoms. The van der Waals surface area contributed by atoms with Crippen molar-refractivity contribution >= 4 is 16.7 Å². The molecule has 0 aliphatic carbocycles. The van der Waals surface area contributed by atoms with Gasteiger partial charge in [-0.25, -0.2) is 4.98 Å². The molecule has 1 fully saturated rings. The van der Waals surface area contributed by atoms with E-state index >= 15 is 0 Å². The number of aryl methyl sites for hydroxylation is 1. The van der Waals surface area contributed by atoms with Crippen molar-refractivity contribution in [2.75, 3.05) is 18.0 Å². The van der Waals surface area contributed by atoms with E-state index in [2.05, 4.69) is 46.8 Å². The van der Waals surface area contributed by atoms with Crippen LogP contribution in [0.3, 0.4) is 0 Å².